The predicted molar refractivity (Wildman–Crippen MR) is 61.9 cm³/mol. The molecule has 1 saturated heterocycles. The molecule has 78 valence electrons. The van der Waals surface area contributed by atoms with Gasteiger partial charge in [-0.15, -0.1) is 0 Å². The Bertz CT molecular complexity index is 173. The third kappa shape index (κ3) is 5.21. The standard InChI is InChI=1S/C8H16N2S2.Na.H2O/c1-7(2)9-3-5-10(6-4-9)8(11)12;;/h7H,3-6H2,1-2H3,(H,11,12);;1H2/q;+1;/p-1. The molecule has 1 aliphatic rings. The van der Waals surface area contributed by atoms with Crippen LogP contribution in [0.15, 0.2) is 0 Å². The van der Waals surface area contributed by atoms with Crippen molar-refractivity contribution in [3.63, 3.8) is 0 Å². The van der Waals surface area contributed by atoms with Crippen molar-refractivity contribution in [2.45, 2.75) is 19.9 Å². The molecule has 1 rings (SSSR count). The summed E-state index contributed by atoms with van der Waals surface area (Å²) in [5, 5.41) is 0. The van der Waals surface area contributed by atoms with E-state index in [2.05, 4.69) is 23.6 Å². The fourth-order valence-corrected chi connectivity index (χ4v) is 1.79. The summed E-state index contributed by atoms with van der Waals surface area (Å²) in [6, 6.07) is 0.644. The summed E-state index contributed by atoms with van der Waals surface area (Å²) < 4.78 is 0.624. The van der Waals surface area contributed by atoms with Crippen molar-refractivity contribution >= 4 is 29.2 Å². The SMILES string of the molecule is CC(C)N1CCN(C(=S)[S-])CC1.O.[Na+]. The van der Waals surface area contributed by atoms with Crippen LogP contribution in [-0.4, -0.2) is 51.8 Å². The fraction of sp³-hybridized carbons (Fsp3) is 0.875. The molecular formula is C8H17N2NaOS2. The van der Waals surface area contributed by atoms with Gasteiger partial charge in [-0.3, -0.25) is 4.90 Å². The van der Waals surface area contributed by atoms with Crippen LogP contribution in [0.3, 0.4) is 0 Å². The molecule has 0 aromatic carbocycles. The predicted octanol–water partition coefficient (Wildman–Crippen LogP) is -2.98. The smallest absolute Gasteiger partial charge is 0.412 e. The number of rotatable bonds is 1. The maximum absolute atomic E-state index is 4.94. The summed E-state index contributed by atoms with van der Waals surface area (Å²) in [5.74, 6) is 0. The Hall–Kier alpha value is 1.03. The molecule has 0 atom stereocenters. The van der Waals surface area contributed by atoms with Gasteiger partial charge in [0.1, 0.15) is 0 Å². The van der Waals surface area contributed by atoms with E-state index in [1.54, 1.807) is 0 Å². The molecule has 0 radical (unpaired) electrons. The number of hydrogen-bond donors (Lipinski definition) is 0. The van der Waals surface area contributed by atoms with Crippen molar-refractivity contribution in [1.82, 2.24) is 9.80 Å². The molecule has 1 fully saturated rings. The minimum atomic E-state index is 0. The molecule has 2 N–H and O–H groups in total. The summed E-state index contributed by atoms with van der Waals surface area (Å²) in [6.07, 6.45) is 0. The van der Waals surface area contributed by atoms with Gasteiger partial charge in [0, 0.05) is 32.2 Å². The molecule has 0 bridgehead atoms. The zero-order chi connectivity index (χ0) is 9.14. The summed E-state index contributed by atoms with van der Waals surface area (Å²) in [4.78, 5) is 4.55. The molecule has 0 aromatic heterocycles. The summed E-state index contributed by atoms with van der Waals surface area (Å²) >= 11 is 9.88. The molecular weight excluding hydrogens is 227 g/mol. The maximum Gasteiger partial charge on any atom is 1.00 e. The number of hydrogen-bond acceptors (Lipinski definition) is 3. The molecule has 14 heavy (non-hydrogen) atoms. The molecule has 0 amide bonds. The first-order valence-electron chi connectivity index (χ1n) is 4.31. The molecule has 6 heteroatoms. The van der Waals surface area contributed by atoms with Crippen molar-refractivity contribution in [1.29, 1.82) is 0 Å². The van der Waals surface area contributed by atoms with E-state index in [4.69, 9.17) is 24.8 Å². The van der Waals surface area contributed by atoms with Crippen LogP contribution in [0.1, 0.15) is 13.8 Å². The van der Waals surface area contributed by atoms with Gasteiger partial charge in [0.15, 0.2) is 0 Å². The van der Waals surface area contributed by atoms with Gasteiger partial charge in [0.05, 0.1) is 0 Å². The van der Waals surface area contributed by atoms with Crippen LogP contribution in [0.2, 0.25) is 0 Å². The monoisotopic (exact) mass is 244 g/mol. The van der Waals surface area contributed by atoms with Crippen LogP contribution in [0, 0.1) is 0 Å². The quantitative estimate of drug-likeness (QED) is 0.280. The zero-order valence-electron chi connectivity index (χ0n) is 9.12. The molecule has 1 heterocycles. The van der Waals surface area contributed by atoms with Gasteiger partial charge in [-0.25, -0.2) is 0 Å². The first kappa shape index (κ1) is 17.4. The van der Waals surface area contributed by atoms with Crippen molar-refractivity contribution in [3.05, 3.63) is 0 Å². The van der Waals surface area contributed by atoms with Crippen molar-refractivity contribution < 1.29 is 35.0 Å². The maximum atomic E-state index is 4.94. The molecule has 0 spiro atoms. The van der Waals surface area contributed by atoms with Gasteiger partial charge in [0.2, 0.25) is 0 Å². The average Bonchev–Trinajstić information content (AvgIpc) is 2.04. The van der Waals surface area contributed by atoms with Gasteiger partial charge in [-0.1, -0.05) is 4.32 Å². The Morgan fingerprint density at radius 3 is 1.93 bits per heavy atom. The van der Waals surface area contributed by atoms with Crippen molar-refractivity contribution in [2.75, 3.05) is 26.2 Å². The van der Waals surface area contributed by atoms with E-state index in [0.717, 1.165) is 26.2 Å². The number of piperazine rings is 1. The van der Waals surface area contributed by atoms with Gasteiger partial charge in [-0.05, 0) is 13.8 Å². The van der Waals surface area contributed by atoms with Gasteiger partial charge in [0.25, 0.3) is 0 Å². The van der Waals surface area contributed by atoms with E-state index in [-0.39, 0.29) is 35.0 Å². The van der Waals surface area contributed by atoms with Crippen LogP contribution in [0.4, 0.5) is 0 Å². The second kappa shape index (κ2) is 8.21. The second-order valence-corrected chi connectivity index (χ2v) is 4.41. The third-order valence-corrected chi connectivity index (χ3v) is 2.82. The first-order chi connectivity index (χ1) is 5.61. The van der Waals surface area contributed by atoms with Crippen molar-refractivity contribution in [3.8, 4) is 0 Å². The minimum absolute atomic E-state index is 0. The third-order valence-electron chi connectivity index (χ3n) is 2.30. The zero-order valence-corrected chi connectivity index (χ0v) is 12.7. The van der Waals surface area contributed by atoms with Gasteiger partial charge >= 0.3 is 29.6 Å². The normalized spacial score (nSPS) is 17.2. The first-order valence-corrected chi connectivity index (χ1v) is 5.13. The van der Waals surface area contributed by atoms with E-state index in [1.165, 1.54) is 0 Å². The Labute approximate surface area is 119 Å². The van der Waals surface area contributed by atoms with Gasteiger partial charge in [-0.2, -0.15) is 0 Å². The second-order valence-electron chi connectivity index (χ2n) is 3.38. The Morgan fingerprint density at radius 1 is 1.21 bits per heavy atom. The van der Waals surface area contributed by atoms with E-state index < -0.39 is 0 Å². The summed E-state index contributed by atoms with van der Waals surface area (Å²) in [7, 11) is 0. The van der Waals surface area contributed by atoms with E-state index in [1.807, 2.05) is 0 Å². The number of nitrogens with zero attached hydrogens (tertiary/aromatic N) is 2. The van der Waals surface area contributed by atoms with Crippen LogP contribution in [0.25, 0.3) is 0 Å². The van der Waals surface area contributed by atoms with Crippen LogP contribution >= 0.6 is 12.2 Å². The molecule has 3 nitrogen and oxygen atoms in total. The summed E-state index contributed by atoms with van der Waals surface area (Å²) in [5.41, 5.74) is 0. The fourth-order valence-electron chi connectivity index (χ4n) is 1.42. The van der Waals surface area contributed by atoms with E-state index in [9.17, 15) is 0 Å². The Morgan fingerprint density at radius 2 is 1.64 bits per heavy atom. The van der Waals surface area contributed by atoms with Crippen LogP contribution in [0.5, 0.6) is 0 Å². The van der Waals surface area contributed by atoms with E-state index in [0.29, 0.717) is 10.4 Å². The number of thiocarbonyl (C=S) groups is 1. The topological polar surface area (TPSA) is 38.0 Å². The molecule has 0 aromatic rings. The largest absolute Gasteiger partial charge is 1.00 e. The summed E-state index contributed by atoms with van der Waals surface area (Å²) in [6.45, 7) is 8.63. The molecule has 0 saturated carbocycles. The van der Waals surface area contributed by atoms with E-state index >= 15 is 0 Å². The Balaban J connectivity index is 0. The molecule has 0 unspecified atom stereocenters. The minimum Gasteiger partial charge on any atom is -0.412 e. The van der Waals surface area contributed by atoms with Crippen molar-refractivity contribution in [2.24, 2.45) is 0 Å². The van der Waals surface area contributed by atoms with Gasteiger partial charge < -0.3 is 35.2 Å². The Kier molecular flexibility index (Phi) is 10.2. The average molecular weight is 244 g/mol. The van der Waals surface area contributed by atoms with Crippen LogP contribution in [-0.2, 0) is 12.6 Å². The molecule has 1 aliphatic heterocycles. The van der Waals surface area contributed by atoms with Crippen LogP contribution < -0.4 is 29.6 Å². The molecule has 0 aliphatic carbocycles.